The summed E-state index contributed by atoms with van der Waals surface area (Å²) in [6, 6.07) is 0.531. The Bertz CT molecular complexity index is 336. The van der Waals surface area contributed by atoms with Gasteiger partial charge in [-0.05, 0) is 6.92 Å². The van der Waals surface area contributed by atoms with Crippen molar-refractivity contribution >= 4 is 0 Å². The molecule has 0 spiro atoms. The van der Waals surface area contributed by atoms with Crippen molar-refractivity contribution in [3.8, 4) is 0 Å². The molecule has 2 rings (SSSR count). The van der Waals surface area contributed by atoms with E-state index in [4.69, 9.17) is 4.52 Å². The summed E-state index contributed by atoms with van der Waals surface area (Å²) in [5.41, 5.74) is 0. The van der Waals surface area contributed by atoms with Gasteiger partial charge in [0, 0.05) is 31.6 Å². The molecule has 0 aliphatic carbocycles. The van der Waals surface area contributed by atoms with Gasteiger partial charge in [0.05, 0.1) is 6.54 Å². The summed E-state index contributed by atoms with van der Waals surface area (Å²) in [5, 5.41) is 7.34. The fourth-order valence-corrected chi connectivity index (χ4v) is 1.86. The third-order valence-electron chi connectivity index (χ3n) is 2.98. The third-order valence-corrected chi connectivity index (χ3v) is 2.98. The predicted octanol–water partition coefficient (Wildman–Crippen LogP) is 0.987. The van der Waals surface area contributed by atoms with Crippen molar-refractivity contribution in [2.45, 2.75) is 39.3 Å². The second-order valence-electron chi connectivity index (χ2n) is 4.72. The molecule has 2 heterocycles. The smallest absolute Gasteiger partial charge is 0.240 e. The van der Waals surface area contributed by atoms with Gasteiger partial charge in [0.2, 0.25) is 5.89 Å². The molecule has 0 aromatic carbocycles. The van der Waals surface area contributed by atoms with Crippen molar-refractivity contribution < 1.29 is 4.52 Å². The Hall–Kier alpha value is -0.940. The van der Waals surface area contributed by atoms with Crippen LogP contribution in [0.2, 0.25) is 0 Å². The molecule has 1 atom stereocenters. The van der Waals surface area contributed by atoms with E-state index in [-0.39, 0.29) is 0 Å². The zero-order chi connectivity index (χ0) is 11.5. The lowest BCUT2D eigenvalue weighted by Gasteiger charge is -2.32. The van der Waals surface area contributed by atoms with Gasteiger partial charge in [0.25, 0.3) is 0 Å². The topological polar surface area (TPSA) is 54.2 Å². The highest BCUT2D eigenvalue weighted by Crippen LogP contribution is 2.12. The molecule has 0 amide bonds. The van der Waals surface area contributed by atoms with E-state index < -0.39 is 0 Å². The first-order valence-corrected chi connectivity index (χ1v) is 5.94. The summed E-state index contributed by atoms with van der Waals surface area (Å²) in [5.74, 6) is 1.87. The SMILES string of the molecule is CC(C)c1noc(CN2CCNCC2C)n1. The zero-order valence-corrected chi connectivity index (χ0v) is 10.2. The van der Waals surface area contributed by atoms with Crippen LogP contribution < -0.4 is 5.32 Å². The number of piperazine rings is 1. The van der Waals surface area contributed by atoms with Gasteiger partial charge < -0.3 is 9.84 Å². The van der Waals surface area contributed by atoms with Crippen molar-refractivity contribution in [1.29, 1.82) is 0 Å². The van der Waals surface area contributed by atoms with Gasteiger partial charge >= 0.3 is 0 Å². The van der Waals surface area contributed by atoms with E-state index in [2.05, 4.69) is 41.1 Å². The van der Waals surface area contributed by atoms with Crippen molar-refractivity contribution in [3.63, 3.8) is 0 Å². The maximum absolute atomic E-state index is 5.25. The number of hydrogen-bond donors (Lipinski definition) is 1. The second-order valence-corrected chi connectivity index (χ2v) is 4.72. The minimum atomic E-state index is 0.331. The largest absolute Gasteiger partial charge is 0.338 e. The third kappa shape index (κ3) is 2.59. The van der Waals surface area contributed by atoms with Crippen LogP contribution in [0.25, 0.3) is 0 Å². The molecule has 0 bridgehead atoms. The minimum absolute atomic E-state index is 0.331. The zero-order valence-electron chi connectivity index (χ0n) is 10.2. The quantitative estimate of drug-likeness (QED) is 0.829. The number of nitrogens with one attached hydrogen (secondary N) is 1. The van der Waals surface area contributed by atoms with Crippen LogP contribution in [-0.2, 0) is 6.54 Å². The van der Waals surface area contributed by atoms with E-state index in [1.807, 2.05) is 0 Å². The first-order valence-electron chi connectivity index (χ1n) is 5.94. The Morgan fingerprint density at radius 3 is 3.00 bits per heavy atom. The molecule has 1 aliphatic heterocycles. The number of nitrogens with zero attached hydrogens (tertiary/aromatic N) is 3. The van der Waals surface area contributed by atoms with Crippen LogP contribution in [0.15, 0.2) is 4.52 Å². The maximum atomic E-state index is 5.25. The molecule has 1 aliphatic rings. The molecule has 0 radical (unpaired) electrons. The van der Waals surface area contributed by atoms with Gasteiger partial charge in [-0.2, -0.15) is 4.98 Å². The fourth-order valence-electron chi connectivity index (χ4n) is 1.86. The van der Waals surface area contributed by atoms with Crippen LogP contribution in [0, 0.1) is 0 Å². The Kier molecular flexibility index (Phi) is 3.56. The lowest BCUT2D eigenvalue weighted by atomic mass is 10.2. The summed E-state index contributed by atoms with van der Waals surface area (Å²) in [7, 11) is 0. The average molecular weight is 224 g/mol. The molecule has 5 heteroatoms. The van der Waals surface area contributed by atoms with Crippen LogP contribution in [-0.4, -0.2) is 40.7 Å². The second kappa shape index (κ2) is 4.93. The summed E-state index contributed by atoms with van der Waals surface area (Å²) < 4.78 is 5.25. The van der Waals surface area contributed by atoms with E-state index >= 15 is 0 Å². The van der Waals surface area contributed by atoms with Gasteiger partial charge in [-0.15, -0.1) is 0 Å². The molecule has 90 valence electrons. The summed E-state index contributed by atoms with van der Waals surface area (Å²) in [6.45, 7) is 10.2. The molecule has 1 aromatic heterocycles. The normalized spacial score (nSPS) is 22.9. The van der Waals surface area contributed by atoms with E-state index in [9.17, 15) is 0 Å². The van der Waals surface area contributed by atoms with E-state index in [0.717, 1.165) is 37.9 Å². The summed E-state index contributed by atoms with van der Waals surface area (Å²) in [4.78, 5) is 6.77. The lowest BCUT2D eigenvalue weighted by Crippen LogP contribution is -2.49. The molecule has 1 unspecified atom stereocenters. The van der Waals surface area contributed by atoms with Gasteiger partial charge in [-0.3, -0.25) is 4.90 Å². The number of aromatic nitrogens is 2. The van der Waals surface area contributed by atoms with Gasteiger partial charge in [0.15, 0.2) is 5.82 Å². The monoisotopic (exact) mass is 224 g/mol. The first kappa shape index (κ1) is 11.5. The van der Waals surface area contributed by atoms with Crippen molar-refractivity contribution in [2.24, 2.45) is 0 Å². The minimum Gasteiger partial charge on any atom is -0.338 e. The van der Waals surface area contributed by atoms with E-state index in [0.29, 0.717) is 12.0 Å². The number of rotatable bonds is 3. The van der Waals surface area contributed by atoms with Crippen molar-refractivity contribution in [3.05, 3.63) is 11.7 Å². The summed E-state index contributed by atoms with van der Waals surface area (Å²) in [6.07, 6.45) is 0. The highest BCUT2D eigenvalue weighted by atomic mass is 16.5. The van der Waals surface area contributed by atoms with Crippen LogP contribution in [0.1, 0.15) is 38.4 Å². The standard InChI is InChI=1S/C11H20N4O/c1-8(2)11-13-10(16-14-11)7-15-5-4-12-6-9(15)3/h8-9,12H,4-7H2,1-3H3. The Labute approximate surface area is 96.2 Å². The van der Waals surface area contributed by atoms with Gasteiger partial charge in [0.1, 0.15) is 0 Å². The van der Waals surface area contributed by atoms with Crippen molar-refractivity contribution in [2.75, 3.05) is 19.6 Å². The number of hydrogen-bond acceptors (Lipinski definition) is 5. The highest BCUT2D eigenvalue weighted by molar-refractivity contribution is 4.92. The molecule has 1 saturated heterocycles. The molecule has 1 N–H and O–H groups in total. The van der Waals surface area contributed by atoms with Crippen LogP contribution in [0.5, 0.6) is 0 Å². The van der Waals surface area contributed by atoms with Gasteiger partial charge in [-0.25, -0.2) is 0 Å². The Morgan fingerprint density at radius 1 is 1.56 bits per heavy atom. The van der Waals surface area contributed by atoms with E-state index in [1.54, 1.807) is 0 Å². The predicted molar refractivity (Wildman–Crippen MR) is 61.1 cm³/mol. The lowest BCUT2D eigenvalue weighted by molar-refractivity contribution is 0.146. The van der Waals surface area contributed by atoms with Crippen molar-refractivity contribution in [1.82, 2.24) is 20.4 Å². The molecular formula is C11H20N4O. The van der Waals surface area contributed by atoms with Crippen LogP contribution in [0.4, 0.5) is 0 Å². The molecule has 16 heavy (non-hydrogen) atoms. The highest BCUT2D eigenvalue weighted by Gasteiger charge is 2.20. The van der Waals surface area contributed by atoms with Gasteiger partial charge in [-0.1, -0.05) is 19.0 Å². The molecule has 1 fully saturated rings. The maximum Gasteiger partial charge on any atom is 0.240 e. The Balaban J connectivity index is 1.97. The molecule has 5 nitrogen and oxygen atoms in total. The fraction of sp³-hybridized carbons (Fsp3) is 0.818. The summed E-state index contributed by atoms with van der Waals surface area (Å²) >= 11 is 0. The molecule has 0 saturated carbocycles. The Morgan fingerprint density at radius 2 is 2.38 bits per heavy atom. The van der Waals surface area contributed by atoms with Crippen LogP contribution in [0.3, 0.4) is 0 Å². The molecule has 1 aromatic rings. The first-order chi connectivity index (χ1) is 7.66. The average Bonchev–Trinajstić information content (AvgIpc) is 2.70. The van der Waals surface area contributed by atoms with Crippen LogP contribution >= 0.6 is 0 Å². The van der Waals surface area contributed by atoms with E-state index in [1.165, 1.54) is 0 Å². The molecular weight excluding hydrogens is 204 g/mol.